The number of carbonyl (C=O) groups is 1. The van der Waals surface area contributed by atoms with Gasteiger partial charge in [0.2, 0.25) is 0 Å². The molecule has 1 aliphatic rings. The molecule has 6 rings (SSSR count). The fourth-order valence-corrected chi connectivity index (χ4v) is 5.79. The number of halogens is 1. The van der Waals surface area contributed by atoms with Gasteiger partial charge >= 0.3 is 0 Å². The van der Waals surface area contributed by atoms with Crippen LogP contribution in [-0.2, 0) is 14.1 Å². The molecule has 2 N–H and O–H groups in total. The second-order valence-corrected chi connectivity index (χ2v) is 10.8. The number of piperazine rings is 1. The molecule has 206 valence electrons. The van der Waals surface area contributed by atoms with Gasteiger partial charge in [0.05, 0.1) is 22.3 Å². The largest absolute Gasteiger partial charge is 0.368 e. The van der Waals surface area contributed by atoms with Gasteiger partial charge in [-0.2, -0.15) is 10.2 Å². The normalized spacial score (nSPS) is 17.6. The summed E-state index contributed by atoms with van der Waals surface area (Å²) in [4.78, 5) is 25.7. The van der Waals surface area contributed by atoms with E-state index in [9.17, 15) is 9.18 Å². The van der Waals surface area contributed by atoms with Gasteiger partial charge in [-0.15, -0.1) is 0 Å². The number of rotatable bonds is 4. The minimum atomic E-state index is -0.498. The van der Waals surface area contributed by atoms with E-state index in [1.807, 2.05) is 27.0 Å². The third kappa shape index (κ3) is 4.45. The van der Waals surface area contributed by atoms with Crippen LogP contribution in [0.4, 0.5) is 15.8 Å². The van der Waals surface area contributed by atoms with Crippen molar-refractivity contribution in [3.8, 4) is 11.4 Å². The SMILES string of the molecule is Cc1nn(C)c(C)c1-c1ncc2c(N3C[C@H](C)N[C@@H](C)C3)ccc(C(=O)Nc3cc(F)c4nn(C)cc4c3)c2n1. The second-order valence-electron chi connectivity index (χ2n) is 10.8. The Hall–Kier alpha value is -4.38. The zero-order valence-electron chi connectivity index (χ0n) is 23.4. The molecular weight excluding hydrogens is 509 g/mol. The van der Waals surface area contributed by atoms with Crippen LogP contribution in [0.5, 0.6) is 0 Å². The van der Waals surface area contributed by atoms with Gasteiger partial charge in [-0.3, -0.25) is 14.2 Å². The minimum Gasteiger partial charge on any atom is -0.368 e. The van der Waals surface area contributed by atoms with Crippen LogP contribution in [0, 0.1) is 19.7 Å². The summed E-state index contributed by atoms with van der Waals surface area (Å²) in [5, 5.41) is 16.5. The number of benzene rings is 2. The van der Waals surface area contributed by atoms with Gasteiger partial charge < -0.3 is 15.5 Å². The lowest BCUT2D eigenvalue weighted by molar-refractivity contribution is 0.102. The molecule has 40 heavy (non-hydrogen) atoms. The fraction of sp³-hybridized carbons (Fsp3) is 0.345. The Morgan fingerprint density at radius 2 is 1.82 bits per heavy atom. The van der Waals surface area contributed by atoms with Crippen LogP contribution >= 0.6 is 0 Å². The zero-order chi connectivity index (χ0) is 28.3. The average molecular weight is 542 g/mol. The average Bonchev–Trinajstić information content (AvgIpc) is 3.39. The molecule has 1 saturated heterocycles. The molecular formula is C29H32FN9O. The van der Waals surface area contributed by atoms with E-state index in [4.69, 9.17) is 9.97 Å². The van der Waals surface area contributed by atoms with Gasteiger partial charge in [0.15, 0.2) is 11.6 Å². The van der Waals surface area contributed by atoms with Crippen LogP contribution in [0.15, 0.2) is 36.7 Å². The summed E-state index contributed by atoms with van der Waals surface area (Å²) in [5.41, 5.74) is 5.08. The third-order valence-corrected chi connectivity index (χ3v) is 7.54. The molecule has 3 aromatic heterocycles. The zero-order valence-corrected chi connectivity index (χ0v) is 23.4. The van der Waals surface area contributed by atoms with Crippen LogP contribution in [-0.4, -0.2) is 60.6 Å². The van der Waals surface area contributed by atoms with Gasteiger partial charge in [0.1, 0.15) is 5.52 Å². The molecule has 1 fully saturated rings. The number of amides is 1. The number of carbonyl (C=O) groups excluding carboxylic acids is 1. The summed E-state index contributed by atoms with van der Waals surface area (Å²) in [6.07, 6.45) is 3.51. The Balaban J connectivity index is 1.47. The number of hydrogen-bond donors (Lipinski definition) is 2. The molecule has 1 amide bonds. The van der Waals surface area contributed by atoms with E-state index in [2.05, 4.69) is 39.6 Å². The number of aryl methyl sites for hydroxylation is 3. The first-order valence-electron chi connectivity index (χ1n) is 13.3. The summed E-state index contributed by atoms with van der Waals surface area (Å²) < 4.78 is 18.1. The number of nitrogens with one attached hydrogen (secondary N) is 2. The molecule has 2 atom stereocenters. The van der Waals surface area contributed by atoms with E-state index in [-0.39, 0.29) is 11.4 Å². The number of aromatic nitrogens is 6. The topological polar surface area (TPSA) is 106 Å². The summed E-state index contributed by atoms with van der Waals surface area (Å²) in [5.74, 6) is -0.375. The van der Waals surface area contributed by atoms with E-state index in [1.54, 1.807) is 40.9 Å². The first-order valence-corrected chi connectivity index (χ1v) is 13.3. The van der Waals surface area contributed by atoms with Crippen LogP contribution in [0.3, 0.4) is 0 Å². The predicted octanol–water partition coefficient (Wildman–Crippen LogP) is 4.11. The lowest BCUT2D eigenvalue weighted by Gasteiger charge is -2.38. The molecule has 5 aromatic rings. The molecule has 10 nitrogen and oxygen atoms in total. The first kappa shape index (κ1) is 25.9. The van der Waals surface area contributed by atoms with Crippen molar-refractivity contribution >= 4 is 39.1 Å². The summed E-state index contributed by atoms with van der Waals surface area (Å²) >= 11 is 0. The molecule has 0 saturated carbocycles. The molecule has 0 radical (unpaired) electrons. The molecule has 11 heteroatoms. The van der Waals surface area contributed by atoms with E-state index < -0.39 is 5.82 Å². The number of fused-ring (bicyclic) bond motifs is 2. The van der Waals surface area contributed by atoms with E-state index in [1.165, 1.54) is 6.07 Å². The lowest BCUT2D eigenvalue weighted by atomic mass is 10.0. The van der Waals surface area contributed by atoms with E-state index in [0.717, 1.165) is 41.1 Å². The van der Waals surface area contributed by atoms with Crippen molar-refractivity contribution in [3.05, 3.63) is 59.4 Å². The maximum Gasteiger partial charge on any atom is 0.257 e. The van der Waals surface area contributed by atoms with Gasteiger partial charge in [-0.25, -0.2) is 14.4 Å². The Labute approximate surface area is 231 Å². The maximum atomic E-state index is 14.7. The van der Waals surface area contributed by atoms with Crippen LogP contribution in [0.25, 0.3) is 33.2 Å². The standard InChI is InChI=1S/C29H32FN9O/c1-15-12-39(13-16(2)32-15)24-8-7-21(29(40)33-20-9-19-14-37(5)36-26(19)23(30)10-20)27-22(24)11-31-28(34-27)25-17(3)35-38(6)18(25)4/h7-11,14-16,32H,12-13H2,1-6H3,(H,33,40)/t15-,16-/m0/s1. The maximum absolute atomic E-state index is 14.7. The second kappa shape index (κ2) is 9.67. The molecule has 2 aromatic carbocycles. The van der Waals surface area contributed by atoms with Crippen molar-refractivity contribution < 1.29 is 9.18 Å². The smallest absolute Gasteiger partial charge is 0.257 e. The van der Waals surface area contributed by atoms with Gasteiger partial charge in [-0.1, -0.05) is 0 Å². The first-order chi connectivity index (χ1) is 19.1. The van der Waals surface area contributed by atoms with Crippen LogP contribution < -0.4 is 15.5 Å². The summed E-state index contributed by atoms with van der Waals surface area (Å²) in [6.45, 7) is 9.85. The molecule has 1 aliphatic heterocycles. The van der Waals surface area contributed by atoms with E-state index in [0.29, 0.717) is 40.1 Å². The summed E-state index contributed by atoms with van der Waals surface area (Å²) in [7, 11) is 3.61. The highest BCUT2D eigenvalue weighted by molar-refractivity contribution is 6.14. The van der Waals surface area contributed by atoms with Crippen molar-refractivity contribution in [3.63, 3.8) is 0 Å². The van der Waals surface area contributed by atoms with Gasteiger partial charge in [0.25, 0.3) is 5.91 Å². The van der Waals surface area contributed by atoms with Crippen molar-refractivity contribution in [2.24, 2.45) is 14.1 Å². The highest BCUT2D eigenvalue weighted by atomic mass is 19.1. The highest BCUT2D eigenvalue weighted by Crippen LogP contribution is 2.33. The van der Waals surface area contributed by atoms with Crippen molar-refractivity contribution in [1.82, 2.24) is 34.8 Å². The molecule has 0 spiro atoms. The van der Waals surface area contributed by atoms with Gasteiger partial charge in [0, 0.05) is 79.5 Å². The minimum absolute atomic E-state index is 0.259. The fourth-order valence-electron chi connectivity index (χ4n) is 5.79. The number of nitrogens with zero attached hydrogens (tertiary/aromatic N) is 7. The van der Waals surface area contributed by atoms with E-state index >= 15 is 0 Å². The molecule has 4 heterocycles. The summed E-state index contributed by atoms with van der Waals surface area (Å²) in [6, 6.07) is 7.36. The Bertz CT molecular complexity index is 1780. The Morgan fingerprint density at radius 3 is 2.52 bits per heavy atom. The third-order valence-electron chi connectivity index (χ3n) is 7.54. The van der Waals surface area contributed by atoms with Crippen molar-refractivity contribution in [2.45, 2.75) is 39.8 Å². The Morgan fingerprint density at radius 1 is 1.07 bits per heavy atom. The monoisotopic (exact) mass is 541 g/mol. The van der Waals surface area contributed by atoms with Crippen molar-refractivity contribution in [1.29, 1.82) is 0 Å². The molecule has 0 unspecified atom stereocenters. The molecule has 0 bridgehead atoms. The van der Waals surface area contributed by atoms with Crippen LogP contribution in [0.1, 0.15) is 35.6 Å². The van der Waals surface area contributed by atoms with Crippen LogP contribution in [0.2, 0.25) is 0 Å². The van der Waals surface area contributed by atoms with Gasteiger partial charge in [-0.05, 0) is 52.0 Å². The highest BCUT2D eigenvalue weighted by Gasteiger charge is 2.25. The molecule has 0 aliphatic carbocycles. The number of hydrogen-bond acceptors (Lipinski definition) is 7. The lowest BCUT2D eigenvalue weighted by Crippen LogP contribution is -2.54. The van der Waals surface area contributed by atoms with Crippen molar-refractivity contribution in [2.75, 3.05) is 23.3 Å². The predicted molar refractivity (Wildman–Crippen MR) is 154 cm³/mol. The quantitative estimate of drug-likeness (QED) is 0.353. The number of anilines is 2. The Kier molecular flexibility index (Phi) is 6.25.